The second kappa shape index (κ2) is 7.27. The lowest BCUT2D eigenvalue weighted by atomic mass is 10.2. The highest BCUT2D eigenvalue weighted by Crippen LogP contribution is 2.33. The zero-order chi connectivity index (χ0) is 12.6. The Kier molecular flexibility index (Phi) is 5.34. The Hall–Kier alpha value is -1.22. The molecule has 0 heterocycles. The van der Waals surface area contributed by atoms with Crippen molar-refractivity contribution >= 4 is 0 Å². The first kappa shape index (κ1) is 13.2. The Morgan fingerprint density at radius 1 is 1.17 bits per heavy atom. The number of ether oxygens (including phenoxy) is 2. The molecule has 3 heteroatoms. The molecule has 1 aromatic rings. The van der Waals surface area contributed by atoms with Crippen molar-refractivity contribution in [3.05, 3.63) is 24.3 Å². The van der Waals surface area contributed by atoms with Crippen molar-refractivity contribution in [1.82, 2.24) is 5.32 Å². The van der Waals surface area contributed by atoms with Gasteiger partial charge in [0.25, 0.3) is 0 Å². The maximum absolute atomic E-state index is 5.68. The molecule has 1 aliphatic carbocycles. The summed E-state index contributed by atoms with van der Waals surface area (Å²) >= 11 is 0. The summed E-state index contributed by atoms with van der Waals surface area (Å²) in [5.41, 5.74) is 0. The maximum atomic E-state index is 5.68. The van der Waals surface area contributed by atoms with Gasteiger partial charge in [0.1, 0.15) is 6.61 Å². The second-order valence-electron chi connectivity index (χ2n) is 4.83. The highest BCUT2D eigenvalue weighted by Gasteiger charge is 2.19. The van der Waals surface area contributed by atoms with Crippen molar-refractivity contribution in [3.63, 3.8) is 0 Å². The van der Waals surface area contributed by atoms with Gasteiger partial charge in [-0.15, -0.1) is 0 Å². The third kappa shape index (κ3) is 4.57. The van der Waals surface area contributed by atoms with E-state index in [1.54, 1.807) is 7.11 Å². The van der Waals surface area contributed by atoms with Gasteiger partial charge < -0.3 is 14.8 Å². The fourth-order valence-corrected chi connectivity index (χ4v) is 2.02. The SMILES string of the molecule is COc1ccccc1OCCNCCCC1CC1. The Morgan fingerprint density at radius 3 is 2.67 bits per heavy atom. The highest BCUT2D eigenvalue weighted by molar-refractivity contribution is 5.39. The van der Waals surface area contributed by atoms with E-state index in [4.69, 9.17) is 9.47 Å². The van der Waals surface area contributed by atoms with E-state index in [0.29, 0.717) is 6.61 Å². The number of hydrogen-bond donors (Lipinski definition) is 1. The number of rotatable bonds is 9. The van der Waals surface area contributed by atoms with Crippen LogP contribution in [0.4, 0.5) is 0 Å². The van der Waals surface area contributed by atoms with Gasteiger partial charge in [0.2, 0.25) is 0 Å². The summed E-state index contributed by atoms with van der Waals surface area (Å²) in [4.78, 5) is 0. The molecule has 0 unspecified atom stereocenters. The van der Waals surface area contributed by atoms with Crippen LogP contribution < -0.4 is 14.8 Å². The standard InChI is InChI=1S/C15H23NO2/c1-17-14-6-2-3-7-15(14)18-12-11-16-10-4-5-13-8-9-13/h2-3,6-7,13,16H,4-5,8-12H2,1H3. The van der Waals surface area contributed by atoms with Crippen LogP contribution in [0.25, 0.3) is 0 Å². The topological polar surface area (TPSA) is 30.5 Å². The summed E-state index contributed by atoms with van der Waals surface area (Å²) in [7, 11) is 1.67. The Balaban J connectivity index is 1.53. The van der Waals surface area contributed by atoms with Gasteiger partial charge in [-0.25, -0.2) is 0 Å². The molecular weight excluding hydrogens is 226 g/mol. The summed E-state index contributed by atoms with van der Waals surface area (Å²) in [6, 6.07) is 7.76. The summed E-state index contributed by atoms with van der Waals surface area (Å²) in [5.74, 6) is 2.66. The largest absolute Gasteiger partial charge is 0.493 e. The molecule has 0 aliphatic heterocycles. The second-order valence-corrected chi connectivity index (χ2v) is 4.83. The first-order valence-corrected chi connectivity index (χ1v) is 6.86. The molecule has 100 valence electrons. The van der Waals surface area contributed by atoms with Crippen LogP contribution >= 0.6 is 0 Å². The fraction of sp³-hybridized carbons (Fsp3) is 0.600. The predicted octanol–water partition coefficient (Wildman–Crippen LogP) is 2.85. The summed E-state index contributed by atoms with van der Waals surface area (Å²) in [6.07, 6.45) is 5.59. The minimum absolute atomic E-state index is 0.684. The normalized spacial score (nSPS) is 14.5. The molecule has 1 fully saturated rings. The molecule has 1 aromatic carbocycles. The predicted molar refractivity (Wildman–Crippen MR) is 73.3 cm³/mol. The van der Waals surface area contributed by atoms with Crippen LogP contribution in [0, 0.1) is 5.92 Å². The van der Waals surface area contributed by atoms with Gasteiger partial charge in [0.15, 0.2) is 11.5 Å². The molecule has 0 saturated heterocycles. The number of methoxy groups -OCH3 is 1. The highest BCUT2D eigenvalue weighted by atomic mass is 16.5. The van der Waals surface area contributed by atoms with Crippen molar-refractivity contribution in [2.75, 3.05) is 26.8 Å². The van der Waals surface area contributed by atoms with Gasteiger partial charge in [-0.2, -0.15) is 0 Å². The van der Waals surface area contributed by atoms with E-state index in [0.717, 1.165) is 30.5 Å². The molecular formula is C15H23NO2. The molecule has 18 heavy (non-hydrogen) atoms. The van der Waals surface area contributed by atoms with Gasteiger partial charge in [-0.05, 0) is 37.4 Å². The van der Waals surface area contributed by atoms with Crippen molar-refractivity contribution in [2.45, 2.75) is 25.7 Å². The van der Waals surface area contributed by atoms with E-state index >= 15 is 0 Å². The van der Waals surface area contributed by atoms with Crippen molar-refractivity contribution in [3.8, 4) is 11.5 Å². The van der Waals surface area contributed by atoms with Gasteiger partial charge in [0, 0.05) is 6.54 Å². The monoisotopic (exact) mass is 249 g/mol. The molecule has 0 spiro atoms. The van der Waals surface area contributed by atoms with Crippen molar-refractivity contribution in [2.24, 2.45) is 5.92 Å². The van der Waals surface area contributed by atoms with Crippen LogP contribution in [0.1, 0.15) is 25.7 Å². The van der Waals surface area contributed by atoms with Crippen LogP contribution in [-0.4, -0.2) is 26.8 Å². The lowest BCUT2D eigenvalue weighted by Gasteiger charge is -2.10. The molecule has 0 bridgehead atoms. The lowest BCUT2D eigenvalue weighted by Crippen LogP contribution is -2.22. The molecule has 0 aromatic heterocycles. The molecule has 1 aliphatic rings. The van der Waals surface area contributed by atoms with Crippen LogP contribution in [0.15, 0.2) is 24.3 Å². The van der Waals surface area contributed by atoms with Gasteiger partial charge in [-0.3, -0.25) is 0 Å². The average molecular weight is 249 g/mol. The molecule has 0 atom stereocenters. The van der Waals surface area contributed by atoms with E-state index < -0.39 is 0 Å². The van der Waals surface area contributed by atoms with Gasteiger partial charge in [-0.1, -0.05) is 25.0 Å². The fourth-order valence-electron chi connectivity index (χ4n) is 2.02. The Bertz CT molecular complexity index is 350. The van der Waals surface area contributed by atoms with E-state index in [1.165, 1.54) is 25.7 Å². The van der Waals surface area contributed by atoms with E-state index in [9.17, 15) is 0 Å². The Morgan fingerprint density at radius 2 is 1.94 bits per heavy atom. The minimum atomic E-state index is 0.684. The van der Waals surface area contributed by atoms with E-state index in [1.807, 2.05) is 24.3 Å². The number of para-hydroxylation sites is 2. The molecule has 1 N–H and O–H groups in total. The third-order valence-corrected chi connectivity index (χ3v) is 3.27. The van der Waals surface area contributed by atoms with Gasteiger partial charge in [0.05, 0.1) is 7.11 Å². The molecule has 0 amide bonds. The van der Waals surface area contributed by atoms with Crippen LogP contribution in [0.5, 0.6) is 11.5 Å². The first-order valence-electron chi connectivity index (χ1n) is 6.86. The quantitative estimate of drug-likeness (QED) is 0.683. The average Bonchev–Trinajstić information content (AvgIpc) is 3.22. The molecule has 0 radical (unpaired) electrons. The van der Waals surface area contributed by atoms with E-state index in [-0.39, 0.29) is 0 Å². The number of nitrogens with one attached hydrogen (secondary N) is 1. The van der Waals surface area contributed by atoms with Crippen molar-refractivity contribution in [1.29, 1.82) is 0 Å². The summed E-state index contributed by atoms with van der Waals surface area (Å²) < 4.78 is 10.9. The van der Waals surface area contributed by atoms with Crippen LogP contribution in [0.3, 0.4) is 0 Å². The van der Waals surface area contributed by atoms with Crippen molar-refractivity contribution < 1.29 is 9.47 Å². The zero-order valence-electron chi connectivity index (χ0n) is 11.2. The molecule has 3 nitrogen and oxygen atoms in total. The van der Waals surface area contributed by atoms with Gasteiger partial charge >= 0.3 is 0 Å². The maximum Gasteiger partial charge on any atom is 0.161 e. The summed E-state index contributed by atoms with van der Waals surface area (Å²) in [6.45, 7) is 2.68. The van der Waals surface area contributed by atoms with E-state index in [2.05, 4.69) is 5.32 Å². The minimum Gasteiger partial charge on any atom is -0.493 e. The zero-order valence-corrected chi connectivity index (χ0v) is 11.2. The molecule has 1 saturated carbocycles. The Labute approximate surface area is 109 Å². The van der Waals surface area contributed by atoms with Crippen LogP contribution in [0.2, 0.25) is 0 Å². The summed E-state index contributed by atoms with van der Waals surface area (Å²) in [5, 5.41) is 3.41. The number of benzene rings is 1. The third-order valence-electron chi connectivity index (χ3n) is 3.27. The smallest absolute Gasteiger partial charge is 0.161 e. The molecule has 2 rings (SSSR count). The van der Waals surface area contributed by atoms with Crippen LogP contribution in [-0.2, 0) is 0 Å². The lowest BCUT2D eigenvalue weighted by molar-refractivity contribution is 0.292. The first-order chi connectivity index (χ1) is 8.90. The number of hydrogen-bond acceptors (Lipinski definition) is 3.